The summed E-state index contributed by atoms with van der Waals surface area (Å²) < 4.78 is 11.4. The highest BCUT2D eigenvalue weighted by Crippen LogP contribution is 2.16. The number of rotatable bonds is 8. The summed E-state index contributed by atoms with van der Waals surface area (Å²) in [5.41, 5.74) is 2.18. The van der Waals surface area contributed by atoms with Crippen molar-refractivity contribution >= 4 is 5.91 Å². The smallest absolute Gasteiger partial charge is 0.261 e. The lowest BCUT2D eigenvalue weighted by Crippen LogP contribution is -2.37. The molecule has 1 N–H and O–H groups in total. The number of nitrogens with one attached hydrogen (secondary N) is 1. The van der Waals surface area contributed by atoms with Gasteiger partial charge < -0.3 is 14.8 Å². The minimum absolute atomic E-state index is 0.106. The Hall–Kier alpha value is -2.49. The van der Waals surface area contributed by atoms with E-state index in [1.807, 2.05) is 76.2 Å². The normalized spacial score (nSPS) is 11.9. The van der Waals surface area contributed by atoms with Gasteiger partial charge >= 0.3 is 0 Å². The maximum Gasteiger partial charge on any atom is 0.261 e. The fourth-order valence-corrected chi connectivity index (χ4v) is 2.36. The third kappa shape index (κ3) is 6.14. The summed E-state index contributed by atoms with van der Waals surface area (Å²) in [6, 6.07) is 15.5. The largest absolute Gasteiger partial charge is 0.491 e. The summed E-state index contributed by atoms with van der Waals surface area (Å²) in [6.07, 6.45) is 0.266. The molecule has 0 aromatic heterocycles. The molecule has 0 aliphatic heterocycles. The van der Waals surface area contributed by atoms with Crippen LogP contribution in [-0.2, 0) is 11.3 Å². The molecule has 0 heterocycles. The molecule has 1 amide bonds. The summed E-state index contributed by atoms with van der Waals surface area (Å²) in [5, 5.41) is 2.94. The lowest BCUT2D eigenvalue weighted by atomic mass is 10.2. The van der Waals surface area contributed by atoms with Crippen LogP contribution in [0.1, 0.15) is 38.3 Å². The van der Waals surface area contributed by atoms with Gasteiger partial charge in [-0.2, -0.15) is 0 Å². The number of amides is 1. The van der Waals surface area contributed by atoms with E-state index in [2.05, 4.69) is 5.32 Å². The monoisotopic (exact) mass is 341 g/mol. The molecule has 4 nitrogen and oxygen atoms in total. The Morgan fingerprint density at radius 3 is 2.08 bits per heavy atom. The summed E-state index contributed by atoms with van der Waals surface area (Å²) >= 11 is 0. The highest BCUT2D eigenvalue weighted by molar-refractivity contribution is 5.81. The molecule has 0 bridgehead atoms. The third-order valence-electron chi connectivity index (χ3n) is 3.72. The molecule has 1 unspecified atom stereocenters. The lowest BCUT2D eigenvalue weighted by Gasteiger charge is -2.17. The van der Waals surface area contributed by atoms with Crippen molar-refractivity contribution in [3.8, 4) is 11.5 Å². The first kappa shape index (κ1) is 18.8. The maximum atomic E-state index is 12.4. The molecule has 0 radical (unpaired) electrons. The van der Waals surface area contributed by atoms with E-state index in [1.54, 1.807) is 0 Å². The molecule has 0 saturated heterocycles. The van der Waals surface area contributed by atoms with Gasteiger partial charge in [-0.05, 0) is 57.0 Å². The van der Waals surface area contributed by atoms with Gasteiger partial charge in [-0.25, -0.2) is 0 Å². The van der Waals surface area contributed by atoms with Crippen LogP contribution in [0.2, 0.25) is 0 Å². The van der Waals surface area contributed by atoms with Crippen LogP contribution in [0.5, 0.6) is 11.5 Å². The average molecular weight is 341 g/mol. The van der Waals surface area contributed by atoms with Crippen LogP contribution in [0.25, 0.3) is 0 Å². The van der Waals surface area contributed by atoms with Crippen molar-refractivity contribution in [3.63, 3.8) is 0 Å². The van der Waals surface area contributed by atoms with Gasteiger partial charge in [0.2, 0.25) is 0 Å². The minimum atomic E-state index is -0.494. The Kier molecular flexibility index (Phi) is 6.87. The zero-order chi connectivity index (χ0) is 18.2. The zero-order valence-corrected chi connectivity index (χ0v) is 15.4. The van der Waals surface area contributed by atoms with Gasteiger partial charge in [0.25, 0.3) is 5.91 Å². The van der Waals surface area contributed by atoms with Crippen LogP contribution in [-0.4, -0.2) is 18.1 Å². The predicted octanol–water partition coefficient (Wildman–Crippen LogP) is 4.26. The minimum Gasteiger partial charge on any atom is -0.491 e. The fraction of sp³-hybridized carbons (Fsp3) is 0.381. The predicted molar refractivity (Wildman–Crippen MR) is 99.9 cm³/mol. The number of benzene rings is 2. The average Bonchev–Trinajstić information content (AvgIpc) is 2.60. The van der Waals surface area contributed by atoms with Gasteiger partial charge in [-0.3, -0.25) is 4.79 Å². The van der Waals surface area contributed by atoms with Crippen LogP contribution in [0.4, 0.5) is 0 Å². The first-order chi connectivity index (χ1) is 12.0. The summed E-state index contributed by atoms with van der Waals surface area (Å²) in [5.74, 6) is 1.44. The molecule has 4 heteroatoms. The van der Waals surface area contributed by atoms with E-state index in [0.717, 1.165) is 16.9 Å². The van der Waals surface area contributed by atoms with Crippen molar-refractivity contribution in [2.24, 2.45) is 0 Å². The van der Waals surface area contributed by atoms with Crippen molar-refractivity contribution in [1.82, 2.24) is 5.32 Å². The van der Waals surface area contributed by atoms with E-state index < -0.39 is 6.10 Å². The molecule has 134 valence electrons. The van der Waals surface area contributed by atoms with E-state index in [9.17, 15) is 4.79 Å². The second kappa shape index (κ2) is 9.11. The second-order valence-electron chi connectivity index (χ2n) is 6.36. The fourth-order valence-electron chi connectivity index (χ4n) is 2.36. The number of carbonyl (C=O) groups excluding carboxylic acids is 1. The topological polar surface area (TPSA) is 47.6 Å². The van der Waals surface area contributed by atoms with E-state index in [1.165, 1.54) is 0 Å². The summed E-state index contributed by atoms with van der Waals surface area (Å²) in [7, 11) is 0. The van der Waals surface area contributed by atoms with Crippen LogP contribution < -0.4 is 14.8 Å². The molecule has 2 aromatic carbocycles. The van der Waals surface area contributed by atoms with Crippen LogP contribution in [0.15, 0.2) is 48.5 Å². The van der Waals surface area contributed by atoms with Crippen molar-refractivity contribution in [1.29, 1.82) is 0 Å². The van der Waals surface area contributed by atoms with Gasteiger partial charge in [0, 0.05) is 6.54 Å². The van der Waals surface area contributed by atoms with Gasteiger partial charge in [0.1, 0.15) is 11.5 Å². The quantitative estimate of drug-likeness (QED) is 0.780. The van der Waals surface area contributed by atoms with Crippen molar-refractivity contribution in [2.75, 3.05) is 0 Å². The molecule has 0 aliphatic rings. The number of hydrogen-bond acceptors (Lipinski definition) is 3. The highest BCUT2D eigenvalue weighted by Gasteiger charge is 2.18. The number of aryl methyl sites for hydroxylation is 1. The molecule has 0 spiro atoms. The first-order valence-corrected chi connectivity index (χ1v) is 8.74. The van der Waals surface area contributed by atoms with Gasteiger partial charge in [-0.1, -0.05) is 36.8 Å². The lowest BCUT2D eigenvalue weighted by molar-refractivity contribution is -0.128. The Balaban J connectivity index is 1.87. The number of ether oxygens (including phenoxy) is 2. The van der Waals surface area contributed by atoms with Crippen molar-refractivity contribution in [3.05, 3.63) is 59.7 Å². The molecule has 2 rings (SSSR count). The molecule has 2 aromatic rings. The van der Waals surface area contributed by atoms with Gasteiger partial charge in [-0.15, -0.1) is 0 Å². The number of hydrogen-bond donors (Lipinski definition) is 1. The van der Waals surface area contributed by atoms with E-state index >= 15 is 0 Å². The van der Waals surface area contributed by atoms with Crippen molar-refractivity contribution < 1.29 is 14.3 Å². The molecule has 25 heavy (non-hydrogen) atoms. The first-order valence-electron chi connectivity index (χ1n) is 8.74. The molecular formula is C21H27NO3. The second-order valence-corrected chi connectivity index (χ2v) is 6.36. The Morgan fingerprint density at radius 1 is 0.960 bits per heavy atom. The standard InChI is InChI=1S/C21H27NO3/c1-5-20(25-19-10-6-16(4)7-11-19)21(23)22-14-17-8-12-18(13-9-17)24-15(2)3/h6-13,15,20H,5,14H2,1-4H3,(H,22,23). The summed E-state index contributed by atoms with van der Waals surface area (Å²) in [6.45, 7) is 8.41. The Bertz CT molecular complexity index is 663. The van der Waals surface area contributed by atoms with Gasteiger partial charge in [0.15, 0.2) is 6.10 Å². The Labute approximate surface area is 150 Å². The molecule has 0 aliphatic carbocycles. The maximum absolute atomic E-state index is 12.4. The van der Waals surface area contributed by atoms with E-state index in [4.69, 9.17) is 9.47 Å². The van der Waals surface area contributed by atoms with Crippen molar-refractivity contribution in [2.45, 2.75) is 52.9 Å². The Morgan fingerprint density at radius 2 is 1.52 bits per heavy atom. The SMILES string of the molecule is CCC(Oc1ccc(C)cc1)C(=O)NCc1ccc(OC(C)C)cc1. The molecule has 0 saturated carbocycles. The van der Waals surface area contributed by atoms with Crippen LogP contribution >= 0.6 is 0 Å². The summed E-state index contributed by atoms with van der Waals surface area (Å²) in [4.78, 5) is 12.4. The van der Waals surface area contributed by atoms with Crippen LogP contribution in [0, 0.1) is 6.92 Å². The van der Waals surface area contributed by atoms with Gasteiger partial charge in [0.05, 0.1) is 6.10 Å². The van der Waals surface area contributed by atoms with E-state index in [-0.39, 0.29) is 12.0 Å². The highest BCUT2D eigenvalue weighted by atomic mass is 16.5. The molecular weight excluding hydrogens is 314 g/mol. The van der Waals surface area contributed by atoms with Crippen LogP contribution in [0.3, 0.4) is 0 Å². The molecule has 0 fully saturated rings. The third-order valence-corrected chi connectivity index (χ3v) is 3.72. The number of carbonyl (C=O) groups is 1. The van der Waals surface area contributed by atoms with E-state index in [0.29, 0.717) is 18.7 Å². The molecule has 1 atom stereocenters. The zero-order valence-electron chi connectivity index (χ0n) is 15.4.